The zero-order valence-electron chi connectivity index (χ0n) is 15.7. The molecule has 0 aliphatic rings. The highest BCUT2D eigenvalue weighted by Crippen LogP contribution is 2.30. The highest BCUT2D eigenvalue weighted by atomic mass is 32.2. The van der Waals surface area contributed by atoms with Crippen molar-refractivity contribution in [1.82, 2.24) is 0 Å². The Kier molecular flexibility index (Phi) is 8.79. The molecule has 25 heavy (non-hydrogen) atoms. The van der Waals surface area contributed by atoms with E-state index in [9.17, 15) is 8.42 Å². The number of rotatable bonds is 9. The van der Waals surface area contributed by atoms with Crippen LogP contribution >= 0.6 is 0 Å². The largest absolute Gasteiger partial charge is 0.297 e. The summed E-state index contributed by atoms with van der Waals surface area (Å²) in [6.45, 7) is 9.15. The smallest absolute Gasteiger partial charge is 0.238 e. The average Bonchev–Trinajstić information content (AvgIpc) is 2.58. The van der Waals surface area contributed by atoms with E-state index in [1.54, 1.807) is 12.1 Å². The second kappa shape index (κ2) is 10.3. The summed E-state index contributed by atoms with van der Waals surface area (Å²) in [7, 11) is -3.66. The quantitative estimate of drug-likeness (QED) is 0.510. The molecule has 0 radical (unpaired) electrons. The highest BCUT2D eigenvalue weighted by Gasteiger charge is 2.12. The first-order valence-corrected chi connectivity index (χ1v) is 10.4. The van der Waals surface area contributed by atoms with Gasteiger partial charge in [-0.05, 0) is 68.0 Å². The van der Waals surface area contributed by atoms with Crippen molar-refractivity contribution in [2.24, 2.45) is 10.1 Å². The van der Waals surface area contributed by atoms with Gasteiger partial charge in [0.15, 0.2) is 0 Å². The molecule has 0 spiro atoms. The Bertz CT molecular complexity index is 742. The number of benzene rings is 1. The molecule has 0 unspecified atom stereocenters. The predicted octanol–water partition coefficient (Wildman–Crippen LogP) is 4.72. The summed E-state index contributed by atoms with van der Waals surface area (Å²) in [4.78, 5) is 4.45. The van der Waals surface area contributed by atoms with Crippen LogP contribution in [0.2, 0.25) is 0 Å². The number of nitrogens with two attached hydrogens (primary N) is 1. The minimum atomic E-state index is -3.66. The molecule has 1 aromatic rings. The Morgan fingerprint density at radius 1 is 1.20 bits per heavy atom. The monoisotopic (exact) mass is 362 g/mol. The Hall–Kier alpha value is -1.72. The first-order valence-electron chi connectivity index (χ1n) is 8.81. The van der Waals surface area contributed by atoms with Crippen LogP contribution in [0.15, 0.2) is 51.4 Å². The maximum atomic E-state index is 11.5. The SMILES string of the molecule is C/C=C(CC=NCC)/C(C)=C(/CCCC)c1ccc(S(N)(=O)=O)cc1. The van der Waals surface area contributed by atoms with Crippen molar-refractivity contribution in [3.8, 4) is 0 Å². The van der Waals surface area contributed by atoms with Crippen molar-refractivity contribution < 1.29 is 8.42 Å². The standard InChI is InChI=1S/C20H30N2O2S/c1-5-8-9-20(16(4)17(6-2)14-15-22-7-3)18-10-12-19(13-11-18)25(21,23)24/h6,10-13,15H,5,7-9,14H2,1-4H3,(H2,21,23,24)/b17-6+,20-16-,22-15?. The van der Waals surface area contributed by atoms with Crippen molar-refractivity contribution in [3.63, 3.8) is 0 Å². The van der Waals surface area contributed by atoms with Gasteiger partial charge in [-0.15, -0.1) is 0 Å². The molecule has 0 aromatic heterocycles. The number of hydrogen-bond acceptors (Lipinski definition) is 3. The van der Waals surface area contributed by atoms with Crippen LogP contribution in [0.5, 0.6) is 0 Å². The van der Waals surface area contributed by atoms with Crippen LogP contribution in [0.25, 0.3) is 5.57 Å². The van der Waals surface area contributed by atoms with Gasteiger partial charge in [-0.3, -0.25) is 4.99 Å². The second-order valence-electron chi connectivity index (χ2n) is 5.98. The maximum Gasteiger partial charge on any atom is 0.238 e. The average molecular weight is 363 g/mol. The van der Waals surface area contributed by atoms with E-state index in [4.69, 9.17) is 5.14 Å². The fourth-order valence-electron chi connectivity index (χ4n) is 2.72. The van der Waals surface area contributed by atoms with Gasteiger partial charge in [-0.1, -0.05) is 31.6 Å². The van der Waals surface area contributed by atoms with Crippen LogP contribution < -0.4 is 5.14 Å². The van der Waals surface area contributed by atoms with Gasteiger partial charge in [0, 0.05) is 19.2 Å². The second-order valence-corrected chi connectivity index (χ2v) is 7.54. The fourth-order valence-corrected chi connectivity index (χ4v) is 3.24. The normalized spacial score (nSPS) is 14.0. The van der Waals surface area contributed by atoms with Crippen molar-refractivity contribution in [2.75, 3.05) is 6.54 Å². The summed E-state index contributed by atoms with van der Waals surface area (Å²) in [6, 6.07) is 6.86. The molecule has 0 saturated heterocycles. The molecular formula is C20H30N2O2S. The third-order valence-electron chi connectivity index (χ3n) is 4.22. The molecule has 0 bridgehead atoms. The number of sulfonamides is 1. The van der Waals surface area contributed by atoms with Crippen molar-refractivity contribution in [2.45, 2.75) is 58.3 Å². The molecule has 5 heteroatoms. The van der Waals surface area contributed by atoms with Gasteiger partial charge < -0.3 is 0 Å². The summed E-state index contributed by atoms with van der Waals surface area (Å²) < 4.78 is 22.9. The van der Waals surface area contributed by atoms with E-state index in [0.717, 1.165) is 37.8 Å². The van der Waals surface area contributed by atoms with Gasteiger partial charge in [-0.2, -0.15) is 0 Å². The number of unbranched alkanes of at least 4 members (excludes halogenated alkanes) is 1. The molecule has 0 heterocycles. The Morgan fingerprint density at radius 3 is 2.32 bits per heavy atom. The summed E-state index contributed by atoms with van der Waals surface area (Å²) in [5.41, 5.74) is 4.78. The summed E-state index contributed by atoms with van der Waals surface area (Å²) in [5.74, 6) is 0. The lowest BCUT2D eigenvalue weighted by Crippen LogP contribution is -2.11. The topological polar surface area (TPSA) is 72.5 Å². The van der Waals surface area contributed by atoms with Crippen molar-refractivity contribution in [1.29, 1.82) is 0 Å². The predicted molar refractivity (Wildman–Crippen MR) is 107 cm³/mol. The molecule has 4 nitrogen and oxygen atoms in total. The summed E-state index contributed by atoms with van der Waals surface area (Å²) in [5, 5.41) is 5.20. The molecule has 1 aromatic carbocycles. The number of primary sulfonamides is 1. The minimum absolute atomic E-state index is 0.144. The van der Waals surface area contributed by atoms with Gasteiger partial charge in [0.25, 0.3) is 0 Å². The summed E-state index contributed by atoms with van der Waals surface area (Å²) in [6.07, 6.45) is 8.04. The Balaban J connectivity index is 3.28. The van der Waals surface area contributed by atoms with Crippen LogP contribution in [0, 0.1) is 0 Å². The van der Waals surface area contributed by atoms with E-state index in [1.165, 1.54) is 16.7 Å². The minimum Gasteiger partial charge on any atom is -0.297 e. The van der Waals surface area contributed by atoms with Crippen LogP contribution in [0.1, 0.15) is 58.9 Å². The molecule has 0 amide bonds. The van der Waals surface area contributed by atoms with E-state index in [-0.39, 0.29) is 4.90 Å². The van der Waals surface area contributed by atoms with E-state index in [0.29, 0.717) is 0 Å². The molecule has 0 aliphatic carbocycles. The van der Waals surface area contributed by atoms with Gasteiger partial charge in [0.1, 0.15) is 0 Å². The van der Waals surface area contributed by atoms with Crippen molar-refractivity contribution >= 4 is 21.8 Å². The number of aliphatic imine (C=N–C) groups is 1. The van der Waals surface area contributed by atoms with E-state index < -0.39 is 10.0 Å². The molecule has 0 aliphatic heterocycles. The van der Waals surface area contributed by atoms with E-state index in [1.807, 2.05) is 32.2 Å². The van der Waals surface area contributed by atoms with Crippen LogP contribution in [-0.2, 0) is 10.0 Å². The summed E-state index contributed by atoms with van der Waals surface area (Å²) >= 11 is 0. The fraction of sp³-hybridized carbons (Fsp3) is 0.450. The molecule has 0 atom stereocenters. The Labute approximate surface area is 152 Å². The third-order valence-corrected chi connectivity index (χ3v) is 5.15. The highest BCUT2D eigenvalue weighted by molar-refractivity contribution is 7.89. The van der Waals surface area contributed by atoms with Crippen LogP contribution in [0.3, 0.4) is 0 Å². The van der Waals surface area contributed by atoms with Crippen molar-refractivity contribution in [3.05, 3.63) is 47.1 Å². The lowest BCUT2D eigenvalue weighted by Gasteiger charge is -2.15. The molecule has 2 N–H and O–H groups in total. The number of hydrogen-bond donors (Lipinski definition) is 1. The molecule has 0 fully saturated rings. The number of allylic oxidation sites excluding steroid dienone is 4. The van der Waals surface area contributed by atoms with Gasteiger partial charge >= 0.3 is 0 Å². The molecule has 138 valence electrons. The zero-order valence-corrected chi connectivity index (χ0v) is 16.6. The van der Waals surface area contributed by atoms with Gasteiger partial charge in [0.2, 0.25) is 10.0 Å². The number of nitrogens with zero attached hydrogens (tertiary/aromatic N) is 1. The van der Waals surface area contributed by atoms with Crippen LogP contribution in [0.4, 0.5) is 0 Å². The van der Waals surface area contributed by atoms with E-state index in [2.05, 4.69) is 24.9 Å². The van der Waals surface area contributed by atoms with Crippen LogP contribution in [-0.4, -0.2) is 21.2 Å². The molecule has 0 saturated carbocycles. The third kappa shape index (κ3) is 6.59. The Morgan fingerprint density at radius 2 is 1.84 bits per heavy atom. The lowest BCUT2D eigenvalue weighted by atomic mass is 9.91. The maximum absolute atomic E-state index is 11.5. The zero-order chi connectivity index (χ0) is 18.9. The first kappa shape index (κ1) is 21.3. The van der Waals surface area contributed by atoms with Gasteiger partial charge in [-0.25, -0.2) is 13.6 Å². The molecule has 1 rings (SSSR count). The van der Waals surface area contributed by atoms with E-state index >= 15 is 0 Å². The molecular weight excluding hydrogens is 332 g/mol. The first-order chi connectivity index (χ1) is 11.8. The lowest BCUT2D eigenvalue weighted by molar-refractivity contribution is 0.598. The van der Waals surface area contributed by atoms with Gasteiger partial charge in [0.05, 0.1) is 4.90 Å².